The van der Waals surface area contributed by atoms with E-state index in [4.69, 9.17) is 9.47 Å². The number of nitrogens with one attached hydrogen (secondary N) is 2. The van der Waals surface area contributed by atoms with Crippen LogP contribution in [0.4, 0.5) is 4.79 Å². The van der Waals surface area contributed by atoms with E-state index < -0.39 is 12.0 Å². The van der Waals surface area contributed by atoms with Crippen LogP contribution >= 0.6 is 0 Å². The summed E-state index contributed by atoms with van der Waals surface area (Å²) in [6.45, 7) is 2.67. The van der Waals surface area contributed by atoms with Gasteiger partial charge in [-0.15, -0.1) is 0 Å². The van der Waals surface area contributed by atoms with Crippen LogP contribution < -0.4 is 15.6 Å². The normalized spacial score (nSPS) is 27.6. The molecule has 0 saturated heterocycles. The molecule has 4 atom stereocenters. The van der Waals surface area contributed by atoms with Crippen molar-refractivity contribution >= 4 is 12.0 Å². The number of carbonyl (C=O) groups excluding carboxylic acids is 2. The molecule has 6 heteroatoms. The van der Waals surface area contributed by atoms with Crippen molar-refractivity contribution in [3.8, 4) is 5.75 Å². The third-order valence-corrected chi connectivity index (χ3v) is 5.58. The van der Waals surface area contributed by atoms with Gasteiger partial charge in [-0.2, -0.15) is 0 Å². The number of hydrazine groups is 1. The predicted octanol–water partition coefficient (Wildman–Crippen LogP) is 2.75. The fourth-order valence-electron chi connectivity index (χ4n) is 4.12. The summed E-state index contributed by atoms with van der Waals surface area (Å²) in [7, 11) is 1.56. The monoisotopic (exact) mass is 332 g/mol. The lowest BCUT2D eigenvalue weighted by atomic mass is 9.81. The highest BCUT2D eigenvalue weighted by Crippen LogP contribution is 2.52. The largest absolute Gasteiger partial charge is 0.497 e. The maximum atomic E-state index is 11.9. The second kappa shape index (κ2) is 7.11. The molecule has 1 aromatic rings. The van der Waals surface area contributed by atoms with Crippen LogP contribution in [0, 0.1) is 23.7 Å². The van der Waals surface area contributed by atoms with Crippen molar-refractivity contribution in [2.45, 2.75) is 26.2 Å². The number of benzene rings is 1. The molecule has 0 aliphatic heterocycles. The Hall–Kier alpha value is -2.24. The van der Waals surface area contributed by atoms with Crippen molar-refractivity contribution in [3.05, 3.63) is 29.8 Å². The molecule has 0 spiro atoms. The van der Waals surface area contributed by atoms with Gasteiger partial charge in [-0.25, -0.2) is 10.2 Å². The van der Waals surface area contributed by atoms with E-state index in [0.717, 1.165) is 5.92 Å². The molecule has 24 heavy (non-hydrogen) atoms. The van der Waals surface area contributed by atoms with Crippen LogP contribution in [0.3, 0.4) is 0 Å². The van der Waals surface area contributed by atoms with Gasteiger partial charge in [-0.05, 0) is 67.2 Å². The molecule has 2 aliphatic rings. The summed E-state index contributed by atoms with van der Waals surface area (Å²) in [5, 5.41) is 0. The summed E-state index contributed by atoms with van der Waals surface area (Å²) in [4.78, 5) is 23.7. The standard InChI is InChI=1S/C18H24N2O4/c1-11-13-3-4-14(9-13)16(11)10-24-18(22)20-19-17(21)12-5-7-15(23-2)8-6-12/h5-8,11,13-14,16H,3-4,9-10H2,1-2H3,(H,19,21)(H,20,22). The zero-order chi connectivity index (χ0) is 17.1. The van der Waals surface area contributed by atoms with Gasteiger partial charge in [0.15, 0.2) is 0 Å². The van der Waals surface area contributed by atoms with Crippen LogP contribution in [0.1, 0.15) is 36.5 Å². The molecule has 0 aromatic heterocycles. The van der Waals surface area contributed by atoms with Gasteiger partial charge in [0.05, 0.1) is 13.7 Å². The molecule has 0 heterocycles. The first-order valence-corrected chi connectivity index (χ1v) is 8.45. The van der Waals surface area contributed by atoms with E-state index in [9.17, 15) is 9.59 Å². The van der Waals surface area contributed by atoms with Gasteiger partial charge < -0.3 is 9.47 Å². The lowest BCUT2D eigenvalue weighted by molar-refractivity contribution is 0.0806. The van der Waals surface area contributed by atoms with E-state index in [1.54, 1.807) is 31.4 Å². The number of rotatable bonds is 4. The summed E-state index contributed by atoms with van der Waals surface area (Å²) < 4.78 is 10.3. The zero-order valence-corrected chi connectivity index (χ0v) is 14.1. The van der Waals surface area contributed by atoms with Crippen LogP contribution in [0.5, 0.6) is 5.75 Å². The van der Waals surface area contributed by atoms with E-state index in [1.807, 2.05) is 0 Å². The molecule has 4 unspecified atom stereocenters. The maximum absolute atomic E-state index is 11.9. The molecule has 2 aliphatic carbocycles. The maximum Gasteiger partial charge on any atom is 0.426 e. The summed E-state index contributed by atoms with van der Waals surface area (Å²) in [6.07, 6.45) is 3.21. The molecular weight excluding hydrogens is 308 g/mol. The van der Waals surface area contributed by atoms with Crippen molar-refractivity contribution in [2.75, 3.05) is 13.7 Å². The molecule has 2 fully saturated rings. The third kappa shape index (κ3) is 3.47. The number of carbonyl (C=O) groups is 2. The van der Waals surface area contributed by atoms with Crippen molar-refractivity contribution in [3.63, 3.8) is 0 Å². The predicted molar refractivity (Wildman–Crippen MR) is 88.4 cm³/mol. The molecule has 3 rings (SSSR count). The summed E-state index contributed by atoms with van der Waals surface area (Å²) in [6, 6.07) is 6.61. The van der Waals surface area contributed by atoms with Gasteiger partial charge in [-0.3, -0.25) is 10.2 Å². The lowest BCUT2D eigenvalue weighted by Gasteiger charge is -2.27. The molecule has 0 radical (unpaired) electrons. The summed E-state index contributed by atoms with van der Waals surface area (Å²) in [5.41, 5.74) is 5.08. The van der Waals surface area contributed by atoms with Gasteiger partial charge >= 0.3 is 6.09 Å². The number of methoxy groups -OCH3 is 1. The highest BCUT2D eigenvalue weighted by Gasteiger charge is 2.45. The topological polar surface area (TPSA) is 76.7 Å². The Kier molecular flexibility index (Phi) is 4.92. The third-order valence-electron chi connectivity index (χ3n) is 5.58. The average Bonchev–Trinajstić information content (AvgIpc) is 3.19. The van der Waals surface area contributed by atoms with Crippen LogP contribution in [-0.2, 0) is 4.74 Å². The van der Waals surface area contributed by atoms with Crippen LogP contribution in [0.2, 0.25) is 0 Å². The first-order chi connectivity index (χ1) is 11.6. The molecule has 2 saturated carbocycles. The molecule has 2 N–H and O–H groups in total. The second-order valence-electron chi connectivity index (χ2n) is 6.76. The van der Waals surface area contributed by atoms with E-state index in [1.165, 1.54) is 19.3 Å². The van der Waals surface area contributed by atoms with Crippen molar-refractivity contribution in [2.24, 2.45) is 23.7 Å². The van der Waals surface area contributed by atoms with Crippen molar-refractivity contribution in [1.82, 2.24) is 10.9 Å². The minimum atomic E-state index is -0.619. The quantitative estimate of drug-likeness (QED) is 0.831. The van der Waals surface area contributed by atoms with E-state index in [-0.39, 0.29) is 0 Å². The molecular formula is C18H24N2O4. The number of ether oxygens (including phenoxy) is 2. The van der Waals surface area contributed by atoms with Crippen LogP contribution in [0.25, 0.3) is 0 Å². The molecule has 2 bridgehead atoms. The van der Waals surface area contributed by atoms with E-state index in [0.29, 0.717) is 35.7 Å². The SMILES string of the molecule is COc1ccc(C(=O)NNC(=O)OCC2C3CCC(C3)C2C)cc1. The van der Waals surface area contributed by atoms with Gasteiger partial charge in [0.2, 0.25) is 0 Å². The zero-order valence-electron chi connectivity index (χ0n) is 14.1. The fraction of sp³-hybridized carbons (Fsp3) is 0.556. The Balaban J connectivity index is 1.41. The average molecular weight is 332 g/mol. The summed E-state index contributed by atoms with van der Waals surface area (Å²) in [5.74, 6) is 2.81. The molecule has 1 aromatic carbocycles. The smallest absolute Gasteiger partial charge is 0.426 e. The lowest BCUT2D eigenvalue weighted by Crippen LogP contribution is -2.42. The second-order valence-corrected chi connectivity index (χ2v) is 6.76. The summed E-state index contributed by atoms with van der Waals surface area (Å²) >= 11 is 0. The van der Waals surface area contributed by atoms with Crippen molar-refractivity contribution < 1.29 is 19.1 Å². The van der Waals surface area contributed by atoms with Crippen LogP contribution in [0.15, 0.2) is 24.3 Å². The number of amides is 2. The van der Waals surface area contributed by atoms with Gasteiger partial charge in [-0.1, -0.05) is 6.92 Å². The van der Waals surface area contributed by atoms with Gasteiger partial charge in [0, 0.05) is 5.56 Å². The van der Waals surface area contributed by atoms with Gasteiger partial charge in [0.1, 0.15) is 5.75 Å². The highest BCUT2D eigenvalue weighted by atomic mass is 16.6. The minimum Gasteiger partial charge on any atom is -0.497 e. The number of hydrogen-bond donors (Lipinski definition) is 2. The number of fused-ring (bicyclic) bond motifs is 2. The Bertz CT molecular complexity index is 600. The first kappa shape index (κ1) is 16.6. The van der Waals surface area contributed by atoms with E-state index in [2.05, 4.69) is 17.8 Å². The van der Waals surface area contributed by atoms with Crippen LogP contribution in [-0.4, -0.2) is 25.7 Å². The van der Waals surface area contributed by atoms with E-state index >= 15 is 0 Å². The first-order valence-electron chi connectivity index (χ1n) is 8.45. The Labute approximate surface area is 141 Å². The molecule has 130 valence electrons. The fourth-order valence-corrected chi connectivity index (χ4v) is 4.12. The Morgan fingerprint density at radius 2 is 1.83 bits per heavy atom. The van der Waals surface area contributed by atoms with Crippen molar-refractivity contribution in [1.29, 1.82) is 0 Å². The minimum absolute atomic E-state index is 0.400. The Morgan fingerprint density at radius 1 is 1.12 bits per heavy atom. The number of hydrogen-bond acceptors (Lipinski definition) is 4. The van der Waals surface area contributed by atoms with Gasteiger partial charge in [0.25, 0.3) is 5.91 Å². The highest BCUT2D eigenvalue weighted by molar-refractivity contribution is 5.95. The molecule has 2 amide bonds. The molecule has 6 nitrogen and oxygen atoms in total. The Morgan fingerprint density at radius 3 is 2.46 bits per heavy atom.